The van der Waals surface area contributed by atoms with E-state index < -0.39 is 6.36 Å². The van der Waals surface area contributed by atoms with Crippen LogP contribution in [0, 0.1) is 0 Å². The predicted molar refractivity (Wildman–Crippen MR) is 60.3 cm³/mol. The minimum absolute atomic E-state index is 0.229. The lowest BCUT2D eigenvalue weighted by Gasteiger charge is -2.08. The van der Waals surface area contributed by atoms with E-state index in [0.29, 0.717) is 5.39 Å². The maximum atomic E-state index is 12.1. The van der Waals surface area contributed by atoms with Crippen molar-refractivity contribution in [1.29, 1.82) is 0 Å². The third-order valence-electron chi connectivity index (χ3n) is 2.61. The van der Waals surface area contributed by atoms with Gasteiger partial charge in [0.15, 0.2) is 0 Å². The molecule has 18 heavy (non-hydrogen) atoms. The summed E-state index contributed by atoms with van der Waals surface area (Å²) in [7, 11) is 0. The molecule has 0 radical (unpaired) electrons. The maximum Gasteiger partial charge on any atom is 0.573 e. The highest BCUT2D eigenvalue weighted by Gasteiger charge is 2.31. The number of aromatic amines is 1. The van der Waals surface area contributed by atoms with Crippen molar-refractivity contribution in [2.24, 2.45) is 0 Å². The number of aromatic nitrogens is 2. The van der Waals surface area contributed by atoms with E-state index in [1.165, 1.54) is 12.1 Å². The molecule has 0 saturated carbocycles. The molecule has 1 N–H and O–H groups in total. The number of nitrogens with one attached hydrogen (secondary N) is 1. The Labute approximate surface area is 99.2 Å². The van der Waals surface area contributed by atoms with Gasteiger partial charge in [0.2, 0.25) is 0 Å². The van der Waals surface area contributed by atoms with Crippen molar-refractivity contribution in [3.05, 3.63) is 36.7 Å². The summed E-state index contributed by atoms with van der Waals surface area (Å²) >= 11 is 0. The summed E-state index contributed by atoms with van der Waals surface area (Å²) in [5.74, 6) is -0.229. The Kier molecular flexibility index (Phi) is 2.19. The van der Waals surface area contributed by atoms with Gasteiger partial charge < -0.3 is 9.72 Å². The molecule has 0 aliphatic rings. The van der Waals surface area contributed by atoms with E-state index in [1.807, 2.05) is 0 Å². The highest BCUT2D eigenvalue weighted by atomic mass is 19.4. The number of ether oxygens (including phenoxy) is 1. The van der Waals surface area contributed by atoms with E-state index in [1.54, 1.807) is 24.5 Å². The molecule has 0 fully saturated rings. The van der Waals surface area contributed by atoms with E-state index in [-0.39, 0.29) is 5.75 Å². The van der Waals surface area contributed by atoms with Crippen LogP contribution in [0.25, 0.3) is 21.8 Å². The third kappa shape index (κ3) is 1.85. The summed E-state index contributed by atoms with van der Waals surface area (Å²) < 4.78 is 40.3. The van der Waals surface area contributed by atoms with Crippen molar-refractivity contribution in [2.75, 3.05) is 0 Å². The first kappa shape index (κ1) is 10.9. The van der Waals surface area contributed by atoms with E-state index in [9.17, 15) is 13.2 Å². The molecular formula is C12H7F3N2O. The molecule has 3 rings (SSSR count). The Morgan fingerprint density at radius 3 is 2.67 bits per heavy atom. The highest BCUT2D eigenvalue weighted by Crippen LogP contribution is 2.30. The van der Waals surface area contributed by atoms with Crippen LogP contribution in [-0.4, -0.2) is 16.3 Å². The standard InChI is InChI=1S/C12H7F3N2O/c13-12(14,15)18-7-1-2-10-9(5-7)8-3-4-16-6-11(8)17-10/h1-6,17H. The predicted octanol–water partition coefficient (Wildman–Crippen LogP) is 3.61. The van der Waals surface area contributed by atoms with Crippen molar-refractivity contribution in [3.63, 3.8) is 0 Å². The molecule has 0 aliphatic heterocycles. The lowest BCUT2D eigenvalue weighted by molar-refractivity contribution is -0.274. The fourth-order valence-electron chi connectivity index (χ4n) is 1.93. The molecule has 0 atom stereocenters. The number of alkyl halides is 3. The lowest BCUT2D eigenvalue weighted by Crippen LogP contribution is -2.16. The summed E-state index contributed by atoms with van der Waals surface area (Å²) in [4.78, 5) is 7.02. The average molecular weight is 252 g/mol. The minimum Gasteiger partial charge on any atom is -0.406 e. The number of hydrogen-bond acceptors (Lipinski definition) is 2. The molecule has 0 bridgehead atoms. The molecule has 2 heterocycles. The van der Waals surface area contributed by atoms with Crippen LogP contribution in [0.15, 0.2) is 36.7 Å². The first-order valence-electron chi connectivity index (χ1n) is 5.14. The van der Waals surface area contributed by atoms with E-state index in [0.717, 1.165) is 16.4 Å². The summed E-state index contributed by atoms with van der Waals surface area (Å²) in [6.07, 6.45) is -1.46. The van der Waals surface area contributed by atoms with E-state index in [4.69, 9.17) is 0 Å². The molecule has 0 amide bonds. The van der Waals surface area contributed by atoms with E-state index >= 15 is 0 Å². The van der Waals surface area contributed by atoms with Crippen LogP contribution < -0.4 is 4.74 Å². The van der Waals surface area contributed by atoms with Gasteiger partial charge in [0.1, 0.15) is 5.75 Å². The third-order valence-corrected chi connectivity index (χ3v) is 2.61. The monoisotopic (exact) mass is 252 g/mol. The number of hydrogen-bond donors (Lipinski definition) is 1. The first-order chi connectivity index (χ1) is 8.53. The van der Waals surface area contributed by atoms with Crippen LogP contribution in [0.3, 0.4) is 0 Å². The second-order valence-electron chi connectivity index (χ2n) is 3.80. The van der Waals surface area contributed by atoms with Crippen molar-refractivity contribution in [1.82, 2.24) is 9.97 Å². The quantitative estimate of drug-likeness (QED) is 0.718. The van der Waals surface area contributed by atoms with Gasteiger partial charge in [-0.3, -0.25) is 4.98 Å². The SMILES string of the molecule is FC(F)(F)Oc1ccc2[nH]c3cnccc3c2c1. The number of pyridine rings is 1. The summed E-state index contributed by atoms with van der Waals surface area (Å²) in [5, 5.41) is 1.49. The van der Waals surface area contributed by atoms with Gasteiger partial charge in [-0.15, -0.1) is 13.2 Å². The Balaban J connectivity index is 2.18. The second-order valence-corrected chi connectivity index (χ2v) is 3.80. The van der Waals surface area contributed by atoms with Crippen LogP contribution in [0.2, 0.25) is 0 Å². The zero-order valence-electron chi connectivity index (χ0n) is 8.95. The topological polar surface area (TPSA) is 37.9 Å². The van der Waals surface area contributed by atoms with Crippen LogP contribution >= 0.6 is 0 Å². The number of H-pyrrole nitrogens is 1. The second kappa shape index (κ2) is 3.63. The van der Waals surface area contributed by atoms with Gasteiger partial charge in [0, 0.05) is 22.5 Å². The highest BCUT2D eigenvalue weighted by molar-refractivity contribution is 6.07. The lowest BCUT2D eigenvalue weighted by atomic mass is 10.2. The summed E-state index contributed by atoms with van der Waals surface area (Å²) in [6, 6.07) is 5.93. The van der Waals surface area contributed by atoms with Gasteiger partial charge in [-0.05, 0) is 24.3 Å². The Morgan fingerprint density at radius 2 is 1.89 bits per heavy atom. The molecule has 92 valence electrons. The van der Waals surface area contributed by atoms with Crippen molar-refractivity contribution >= 4 is 21.8 Å². The molecule has 0 aliphatic carbocycles. The van der Waals surface area contributed by atoms with Crippen molar-refractivity contribution in [2.45, 2.75) is 6.36 Å². The molecular weight excluding hydrogens is 245 g/mol. The molecule has 2 aromatic heterocycles. The zero-order valence-corrected chi connectivity index (χ0v) is 8.95. The van der Waals surface area contributed by atoms with Crippen LogP contribution in [-0.2, 0) is 0 Å². The Morgan fingerprint density at radius 1 is 1.06 bits per heavy atom. The van der Waals surface area contributed by atoms with Gasteiger partial charge in [-0.1, -0.05) is 0 Å². The summed E-state index contributed by atoms with van der Waals surface area (Å²) in [5.41, 5.74) is 1.52. The molecule has 6 heteroatoms. The van der Waals surface area contributed by atoms with Crippen molar-refractivity contribution < 1.29 is 17.9 Å². The summed E-state index contributed by atoms with van der Waals surface area (Å²) in [6.45, 7) is 0. The van der Waals surface area contributed by atoms with Gasteiger partial charge >= 0.3 is 6.36 Å². The maximum absolute atomic E-state index is 12.1. The molecule has 0 spiro atoms. The number of fused-ring (bicyclic) bond motifs is 3. The fourth-order valence-corrected chi connectivity index (χ4v) is 1.93. The number of rotatable bonds is 1. The van der Waals surface area contributed by atoms with E-state index in [2.05, 4.69) is 14.7 Å². The average Bonchev–Trinajstić information content (AvgIpc) is 2.65. The molecule has 0 saturated heterocycles. The Hall–Kier alpha value is -2.24. The van der Waals surface area contributed by atoms with Gasteiger partial charge in [-0.2, -0.15) is 0 Å². The first-order valence-corrected chi connectivity index (χ1v) is 5.14. The Bertz CT molecular complexity index is 718. The zero-order chi connectivity index (χ0) is 12.8. The van der Waals surface area contributed by atoms with Crippen LogP contribution in [0.1, 0.15) is 0 Å². The normalized spacial score (nSPS) is 12.2. The number of nitrogens with zero attached hydrogens (tertiary/aromatic N) is 1. The largest absolute Gasteiger partial charge is 0.573 e. The molecule has 0 unspecified atom stereocenters. The van der Waals surface area contributed by atoms with Gasteiger partial charge in [0.05, 0.1) is 11.7 Å². The van der Waals surface area contributed by atoms with Crippen LogP contribution in [0.5, 0.6) is 5.75 Å². The molecule has 1 aromatic carbocycles. The number of halogens is 3. The molecule has 3 nitrogen and oxygen atoms in total. The fraction of sp³-hybridized carbons (Fsp3) is 0.0833. The smallest absolute Gasteiger partial charge is 0.406 e. The van der Waals surface area contributed by atoms with Gasteiger partial charge in [-0.25, -0.2) is 0 Å². The van der Waals surface area contributed by atoms with Crippen LogP contribution in [0.4, 0.5) is 13.2 Å². The molecule has 3 aromatic rings. The number of benzene rings is 1. The van der Waals surface area contributed by atoms with Crippen molar-refractivity contribution in [3.8, 4) is 5.75 Å². The minimum atomic E-state index is -4.68. The van der Waals surface area contributed by atoms with Gasteiger partial charge in [0.25, 0.3) is 0 Å².